The molecule has 1 amide bonds. The van der Waals surface area contributed by atoms with Gasteiger partial charge in [-0.3, -0.25) is 4.79 Å². The van der Waals surface area contributed by atoms with Crippen LogP contribution in [0.3, 0.4) is 0 Å². The maximum Gasteiger partial charge on any atom is 0.223 e. The lowest BCUT2D eigenvalue weighted by molar-refractivity contribution is -0.131. The lowest BCUT2D eigenvalue weighted by Gasteiger charge is -2.33. The van der Waals surface area contributed by atoms with Crippen LogP contribution in [0.2, 0.25) is 0 Å². The molecule has 1 aliphatic rings. The fourth-order valence-corrected chi connectivity index (χ4v) is 4.33. The van der Waals surface area contributed by atoms with E-state index in [0.717, 1.165) is 31.0 Å². The number of amides is 1. The number of aromatic nitrogens is 1. The average Bonchev–Trinajstić information content (AvgIpc) is 3.64. The Morgan fingerprint density at radius 2 is 2.06 bits per heavy atom. The van der Waals surface area contributed by atoms with E-state index in [0.29, 0.717) is 31.6 Å². The van der Waals surface area contributed by atoms with Gasteiger partial charge in [0.25, 0.3) is 0 Å². The zero-order valence-electron chi connectivity index (χ0n) is 20.2. The number of rotatable bonds is 12. The highest BCUT2D eigenvalue weighted by atomic mass is 16.5. The summed E-state index contributed by atoms with van der Waals surface area (Å²) in [7, 11) is 1.68. The van der Waals surface area contributed by atoms with Gasteiger partial charge in [-0.2, -0.15) is 5.26 Å². The van der Waals surface area contributed by atoms with Crippen molar-refractivity contribution in [3.05, 3.63) is 53.7 Å². The molecule has 0 aliphatic heterocycles. The van der Waals surface area contributed by atoms with Crippen molar-refractivity contribution in [1.82, 2.24) is 15.2 Å². The monoisotopic (exact) mass is 449 g/mol. The van der Waals surface area contributed by atoms with Gasteiger partial charge in [0.15, 0.2) is 0 Å². The summed E-state index contributed by atoms with van der Waals surface area (Å²) in [5.41, 5.74) is 1.74. The second-order valence-corrected chi connectivity index (χ2v) is 8.58. The molecule has 2 aromatic rings. The summed E-state index contributed by atoms with van der Waals surface area (Å²) in [5, 5.41) is 12.6. The van der Waals surface area contributed by atoms with E-state index in [1.54, 1.807) is 19.4 Å². The lowest BCUT2D eigenvalue weighted by Crippen LogP contribution is -2.45. The Balaban J connectivity index is 1.54. The Morgan fingerprint density at radius 3 is 2.64 bits per heavy atom. The molecule has 0 bridgehead atoms. The summed E-state index contributed by atoms with van der Waals surface area (Å²) in [6.07, 6.45) is 4.21. The summed E-state index contributed by atoms with van der Waals surface area (Å²) >= 11 is 0. The molecule has 1 atom stereocenters. The molecule has 1 unspecified atom stereocenters. The first-order valence-corrected chi connectivity index (χ1v) is 11.8. The van der Waals surface area contributed by atoms with E-state index < -0.39 is 0 Å². The van der Waals surface area contributed by atoms with Crippen LogP contribution in [-0.4, -0.2) is 55.1 Å². The molecule has 1 aromatic carbocycles. The first-order chi connectivity index (χ1) is 16.0. The van der Waals surface area contributed by atoms with Gasteiger partial charge in [-0.25, -0.2) is 4.98 Å². The zero-order valence-corrected chi connectivity index (χ0v) is 20.2. The third kappa shape index (κ3) is 6.02. The van der Waals surface area contributed by atoms with Crippen LogP contribution >= 0.6 is 0 Å². The Morgan fingerprint density at radius 1 is 1.27 bits per heavy atom. The van der Waals surface area contributed by atoms with Gasteiger partial charge in [0.1, 0.15) is 17.6 Å². The fraction of sp³-hybridized carbons (Fsp3) is 0.500. The minimum absolute atomic E-state index is 0.0283. The summed E-state index contributed by atoms with van der Waals surface area (Å²) < 4.78 is 5.36. The molecule has 1 aromatic heterocycles. The molecular formula is C26H35N5O2. The normalized spacial score (nSPS) is 14.8. The number of hydrogen-bond acceptors (Lipinski definition) is 6. The number of pyridine rings is 1. The number of carbonyl (C=O) groups excluding carboxylic acids is 1. The molecule has 0 radical (unpaired) electrons. The molecule has 0 spiro atoms. The summed E-state index contributed by atoms with van der Waals surface area (Å²) in [6, 6.07) is 14.0. The number of nitrogens with zero attached hydrogens (tertiary/aromatic N) is 4. The summed E-state index contributed by atoms with van der Waals surface area (Å²) in [6.45, 7) is 8.93. The molecular weight excluding hydrogens is 414 g/mol. The van der Waals surface area contributed by atoms with Crippen LogP contribution in [0.15, 0.2) is 42.6 Å². The molecule has 33 heavy (non-hydrogen) atoms. The number of carbonyl (C=O) groups is 1. The number of anilines is 1. The van der Waals surface area contributed by atoms with E-state index in [9.17, 15) is 4.79 Å². The second kappa shape index (κ2) is 11.2. The Hall–Kier alpha value is -3.11. The maximum atomic E-state index is 13.0. The predicted octanol–water partition coefficient (Wildman–Crippen LogP) is 3.69. The third-order valence-corrected chi connectivity index (χ3v) is 6.44. The van der Waals surface area contributed by atoms with E-state index in [-0.39, 0.29) is 17.5 Å². The molecule has 7 heteroatoms. The van der Waals surface area contributed by atoms with Gasteiger partial charge in [0, 0.05) is 50.4 Å². The summed E-state index contributed by atoms with van der Waals surface area (Å²) in [4.78, 5) is 21.5. The van der Waals surface area contributed by atoms with Gasteiger partial charge >= 0.3 is 0 Å². The van der Waals surface area contributed by atoms with Crippen LogP contribution in [0, 0.1) is 11.3 Å². The Bertz CT molecular complexity index is 965. The zero-order chi connectivity index (χ0) is 23.8. The van der Waals surface area contributed by atoms with Crippen LogP contribution in [0.5, 0.6) is 5.75 Å². The van der Waals surface area contributed by atoms with E-state index in [4.69, 9.17) is 10.00 Å². The van der Waals surface area contributed by atoms with Crippen molar-refractivity contribution in [2.24, 2.45) is 0 Å². The van der Waals surface area contributed by atoms with E-state index in [2.05, 4.69) is 47.3 Å². The van der Waals surface area contributed by atoms with Gasteiger partial charge < -0.3 is 19.9 Å². The Kier molecular flexibility index (Phi) is 8.29. The maximum absolute atomic E-state index is 13.0. The molecule has 1 fully saturated rings. The van der Waals surface area contributed by atoms with Crippen molar-refractivity contribution in [2.75, 3.05) is 38.2 Å². The van der Waals surface area contributed by atoms with Crippen LogP contribution in [0.25, 0.3) is 0 Å². The van der Waals surface area contributed by atoms with Crippen LogP contribution in [-0.2, 0) is 10.3 Å². The molecule has 1 aliphatic carbocycles. The van der Waals surface area contributed by atoms with E-state index >= 15 is 0 Å². The van der Waals surface area contributed by atoms with Crippen LogP contribution in [0.4, 0.5) is 5.82 Å². The number of methoxy groups -OCH3 is 1. The van der Waals surface area contributed by atoms with E-state index in [1.165, 1.54) is 5.56 Å². The fourth-order valence-electron chi connectivity index (χ4n) is 4.33. The van der Waals surface area contributed by atoms with Gasteiger partial charge in [-0.15, -0.1) is 0 Å². The third-order valence-electron chi connectivity index (χ3n) is 6.44. The van der Waals surface area contributed by atoms with Gasteiger partial charge in [-0.05, 0) is 63.4 Å². The van der Waals surface area contributed by atoms with E-state index in [1.807, 2.05) is 30.0 Å². The molecule has 1 saturated carbocycles. The van der Waals surface area contributed by atoms with Crippen molar-refractivity contribution in [3.8, 4) is 11.8 Å². The first-order valence-electron chi connectivity index (χ1n) is 11.8. The highest BCUT2D eigenvalue weighted by molar-refractivity contribution is 5.76. The smallest absolute Gasteiger partial charge is 0.223 e. The number of ether oxygens (including phenoxy) is 1. The topological polar surface area (TPSA) is 81.5 Å². The lowest BCUT2D eigenvalue weighted by atomic mass is 10.0. The number of benzene rings is 1. The molecule has 3 rings (SSSR count). The second-order valence-electron chi connectivity index (χ2n) is 8.58. The number of hydrogen-bond donors (Lipinski definition) is 1. The largest absolute Gasteiger partial charge is 0.497 e. The van der Waals surface area contributed by atoms with Crippen molar-refractivity contribution in [3.63, 3.8) is 0 Å². The van der Waals surface area contributed by atoms with Gasteiger partial charge in [0.2, 0.25) is 5.91 Å². The van der Waals surface area contributed by atoms with Crippen LogP contribution < -0.4 is 15.0 Å². The highest BCUT2D eigenvalue weighted by Crippen LogP contribution is 2.46. The number of nitrogens with one attached hydrogen (secondary N) is 1. The average molecular weight is 450 g/mol. The van der Waals surface area contributed by atoms with Crippen molar-refractivity contribution < 1.29 is 9.53 Å². The molecule has 1 N–H and O–H groups in total. The SMILES string of the molecule is CCN(CC(C)N(CC)c1ccc(C#N)cn1)C(=O)CCNC1(c2cccc(OC)c2)CC1. The molecule has 7 nitrogen and oxygen atoms in total. The molecule has 176 valence electrons. The predicted molar refractivity (Wildman–Crippen MR) is 130 cm³/mol. The van der Waals surface area contributed by atoms with Crippen molar-refractivity contribution >= 4 is 11.7 Å². The van der Waals surface area contributed by atoms with Crippen LogP contribution in [0.1, 0.15) is 51.2 Å². The Labute approximate surface area is 197 Å². The van der Waals surface area contributed by atoms with Gasteiger partial charge in [-0.1, -0.05) is 12.1 Å². The van der Waals surface area contributed by atoms with Gasteiger partial charge in [0.05, 0.1) is 12.7 Å². The van der Waals surface area contributed by atoms with Crippen molar-refractivity contribution in [2.45, 2.75) is 51.6 Å². The quantitative estimate of drug-likeness (QED) is 0.532. The highest BCUT2D eigenvalue weighted by Gasteiger charge is 2.43. The minimum atomic E-state index is -0.0283. The first kappa shape index (κ1) is 24.5. The molecule has 1 heterocycles. The van der Waals surface area contributed by atoms with Crippen molar-refractivity contribution in [1.29, 1.82) is 5.26 Å². The number of nitriles is 1. The standard InChI is InChI=1S/C26H35N5O2/c1-5-30(19-20(3)31(6-2)24-11-10-21(17-27)18-28-24)25(32)12-15-29-26(13-14-26)22-8-7-9-23(16-22)33-4/h7-11,16,18,20,29H,5-6,12-15,19H2,1-4H3. The summed E-state index contributed by atoms with van der Waals surface area (Å²) in [5.74, 6) is 1.84. The minimum Gasteiger partial charge on any atom is -0.497 e. The molecule has 0 saturated heterocycles. The number of likely N-dealkylation sites (N-methyl/N-ethyl adjacent to an activating group) is 2.